The minimum atomic E-state index is 0.333. The molecule has 1 N–H and O–H groups in total. The van der Waals surface area contributed by atoms with Crippen molar-refractivity contribution in [2.24, 2.45) is 0 Å². The topological polar surface area (TPSA) is 30.5 Å². The molecule has 0 amide bonds. The van der Waals surface area contributed by atoms with E-state index in [4.69, 9.17) is 9.47 Å². The van der Waals surface area contributed by atoms with Gasteiger partial charge in [0.1, 0.15) is 5.75 Å². The van der Waals surface area contributed by atoms with Gasteiger partial charge in [-0.1, -0.05) is 25.1 Å². The monoisotopic (exact) mass is 291 g/mol. The second-order valence-corrected chi connectivity index (χ2v) is 5.84. The van der Waals surface area contributed by atoms with Crippen molar-refractivity contribution in [2.75, 3.05) is 19.8 Å². The molecule has 2 atom stereocenters. The first-order valence-corrected chi connectivity index (χ1v) is 8.38. The van der Waals surface area contributed by atoms with Crippen LogP contribution in [0.1, 0.15) is 57.6 Å². The normalized spacial score (nSPS) is 19.6. The quantitative estimate of drug-likeness (QED) is 0.695. The molecule has 3 heteroatoms. The fourth-order valence-corrected chi connectivity index (χ4v) is 2.81. The zero-order chi connectivity index (χ0) is 14.9. The maximum atomic E-state index is 6.00. The summed E-state index contributed by atoms with van der Waals surface area (Å²) in [6, 6.07) is 8.69. The summed E-state index contributed by atoms with van der Waals surface area (Å²) in [5, 5.41) is 3.52. The average molecular weight is 291 g/mol. The highest BCUT2D eigenvalue weighted by Gasteiger charge is 2.15. The second-order valence-electron chi connectivity index (χ2n) is 5.84. The van der Waals surface area contributed by atoms with Crippen molar-refractivity contribution in [3.63, 3.8) is 0 Å². The van der Waals surface area contributed by atoms with Crippen LogP contribution < -0.4 is 10.1 Å². The summed E-state index contributed by atoms with van der Waals surface area (Å²) >= 11 is 0. The molecule has 0 saturated carbocycles. The van der Waals surface area contributed by atoms with E-state index in [2.05, 4.69) is 37.4 Å². The SMILES string of the molecule is CCCNC(C)c1ccccc1OCCCC1CCCO1. The van der Waals surface area contributed by atoms with Gasteiger partial charge in [-0.2, -0.15) is 0 Å². The van der Waals surface area contributed by atoms with Gasteiger partial charge in [0.2, 0.25) is 0 Å². The molecule has 3 nitrogen and oxygen atoms in total. The van der Waals surface area contributed by atoms with Crippen molar-refractivity contribution in [1.82, 2.24) is 5.32 Å². The highest BCUT2D eigenvalue weighted by atomic mass is 16.5. The average Bonchev–Trinajstić information content (AvgIpc) is 3.03. The first-order valence-electron chi connectivity index (χ1n) is 8.38. The standard InChI is InChI=1S/C18H29NO2/c1-3-12-19-15(2)17-10-4-5-11-18(17)21-14-7-9-16-8-6-13-20-16/h4-5,10-11,15-16,19H,3,6-9,12-14H2,1-2H3. The van der Waals surface area contributed by atoms with Crippen LogP contribution in [-0.2, 0) is 4.74 Å². The highest BCUT2D eigenvalue weighted by Crippen LogP contribution is 2.25. The Hall–Kier alpha value is -1.06. The third kappa shape index (κ3) is 5.33. The van der Waals surface area contributed by atoms with E-state index in [1.165, 1.54) is 18.4 Å². The molecule has 21 heavy (non-hydrogen) atoms. The summed E-state index contributed by atoms with van der Waals surface area (Å²) in [4.78, 5) is 0. The van der Waals surface area contributed by atoms with Crippen LogP contribution in [0.3, 0.4) is 0 Å². The lowest BCUT2D eigenvalue weighted by Crippen LogP contribution is -2.20. The van der Waals surface area contributed by atoms with Gasteiger partial charge in [-0.05, 0) is 51.6 Å². The molecule has 0 aromatic heterocycles. The van der Waals surface area contributed by atoms with Gasteiger partial charge in [0, 0.05) is 18.2 Å². The molecule has 1 heterocycles. The molecule has 0 aliphatic carbocycles. The molecule has 1 fully saturated rings. The van der Waals surface area contributed by atoms with E-state index >= 15 is 0 Å². The molecule has 1 saturated heterocycles. The van der Waals surface area contributed by atoms with Crippen molar-refractivity contribution in [1.29, 1.82) is 0 Å². The molecule has 1 aromatic carbocycles. The van der Waals surface area contributed by atoms with Crippen molar-refractivity contribution in [2.45, 2.75) is 58.1 Å². The van der Waals surface area contributed by atoms with Gasteiger partial charge in [0.05, 0.1) is 12.7 Å². The molecule has 1 aliphatic heterocycles. The molecule has 1 aromatic rings. The Bertz CT molecular complexity index is 402. The first-order chi connectivity index (χ1) is 10.3. The predicted molar refractivity (Wildman–Crippen MR) is 86.9 cm³/mol. The maximum absolute atomic E-state index is 6.00. The third-order valence-corrected chi connectivity index (χ3v) is 4.04. The minimum Gasteiger partial charge on any atom is -0.493 e. The van der Waals surface area contributed by atoms with Gasteiger partial charge >= 0.3 is 0 Å². The first kappa shape index (κ1) is 16.3. The van der Waals surface area contributed by atoms with Gasteiger partial charge in [-0.3, -0.25) is 0 Å². The molecule has 1 aliphatic rings. The minimum absolute atomic E-state index is 0.333. The predicted octanol–water partition coefficient (Wildman–Crippen LogP) is 4.09. The number of para-hydroxylation sites is 1. The number of nitrogens with one attached hydrogen (secondary N) is 1. The van der Waals surface area contributed by atoms with E-state index in [-0.39, 0.29) is 0 Å². The summed E-state index contributed by atoms with van der Waals surface area (Å²) in [6.45, 7) is 7.14. The zero-order valence-electron chi connectivity index (χ0n) is 13.4. The lowest BCUT2D eigenvalue weighted by Gasteiger charge is -2.18. The fraction of sp³-hybridized carbons (Fsp3) is 0.667. The maximum Gasteiger partial charge on any atom is 0.124 e. The smallest absolute Gasteiger partial charge is 0.124 e. The van der Waals surface area contributed by atoms with Gasteiger partial charge < -0.3 is 14.8 Å². The molecule has 118 valence electrons. The van der Waals surface area contributed by atoms with E-state index in [0.717, 1.165) is 44.8 Å². The fourth-order valence-electron chi connectivity index (χ4n) is 2.81. The van der Waals surface area contributed by atoms with E-state index in [1.54, 1.807) is 0 Å². The van der Waals surface area contributed by atoms with Crippen LogP contribution in [0.2, 0.25) is 0 Å². The van der Waals surface area contributed by atoms with Crippen molar-refractivity contribution >= 4 is 0 Å². The lowest BCUT2D eigenvalue weighted by molar-refractivity contribution is 0.0980. The molecular formula is C18H29NO2. The van der Waals surface area contributed by atoms with Crippen molar-refractivity contribution in [3.05, 3.63) is 29.8 Å². The van der Waals surface area contributed by atoms with E-state index in [0.29, 0.717) is 12.1 Å². The van der Waals surface area contributed by atoms with Crippen LogP contribution in [0.25, 0.3) is 0 Å². The Morgan fingerprint density at radius 3 is 3.00 bits per heavy atom. The summed E-state index contributed by atoms with van der Waals surface area (Å²) in [6.07, 6.45) is 6.23. The van der Waals surface area contributed by atoms with Crippen LogP contribution in [-0.4, -0.2) is 25.9 Å². The lowest BCUT2D eigenvalue weighted by atomic mass is 10.1. The molecule has 0 radical (unpaired) electrons. The summed E-state index contributed by atoms with van der Waals surface area (Å²) in [5.41, 5.74) is 1.25. The summed E-state index contributed by atoms with van der Waals surface area (Å²) in [5.74, 6) is 1.01. The number of ether oxygens (including phenoxy) is 2. The van der Waals surface area contributed by atoms with Crippen LogP contribution in [0.4, 0.5) is 0 Å². The number of rotatable bonds is 9. The van der Waals surface area contributed by atoms with Crippen LogP contribution >= 0.6 is 0 Å². The Morgan fingerprint density at radius 2 is 2.24 bits per heavy atom. The largest absolute Gasteiger partial charge is 0.493 e. The third-order valence-electron chi connectivity index (χ3n) is 4.04. The summed E-state index contributed by atoms with van der Waals surface area (Å²) < 4.78 is 11.6. The Kier molecular flexibility index (Phi) is 7.04. The van der Waals surface area contributed by atoms with Gasteiger partial charge in [-0.25, -0.2) is 0 Å². The van der Waals surface area contributed by atoms with Crippen LogP contribution in [0.5, 0.6) is 5.75 Å². The summed E-state index contributed by atoms with van der Waals surface area (Å²) in [7, 11) is 0. The highest BCUT2D eigenvalue weighted by molar-refractivity contribution is 5.35. The molecule has 2 unspecified atom stereocenters. The van der Waals surface area contributed by atoms with Crippen molar-refractivity contribution in [3.8, 4) is 5.75 Å². The van der Waals surface area contributed by atoms with E-state index < -0.39 is 0 Å². The zero-order valence-corrected chi connectivity index (χ0v) is 13.4. The molecular weight excluding hydrogens is 262 g/mol. The molecule has 0 spiro atoms. The van der Waals surface area contributed by atoms with Gasteiger partial charge in [0.15, 0.2) is 0 Å². The number of hydrogen-bond acceptors (Lipinski definition) is 3. The molecule has 2 rings (SSSR count). The van der Waals surface area contributed by atoms with Crippen molar-refractivity contribution < 1.29 is 9.47 Å². The van der Waals surface area contributed by atoms with Crippen LogP contribution in [0, 0.1) is 0 Å². The number of benzene rings is 1. The van der Waals surface area contributed by atoms with E-state index in [1.807, 2.05) is 6.07 Å². The Labute approximate surface area is 129 Å². The Morgan fingerprint density at radius 1 is 1.38 bits per heavy atom. The molecule has 0 bridgehead atoms. The van der Waals surface area contributed by atoms with E-state index in [9.17, 15) is 0 Å². The van der Waals surface area contributed by atoms with Crippen LogP contribution in [0.15, 0.2) is 24.3 Å². The number of hydrogen-bond donors (Lipinski definition) is 1. The van der Waals surface area contributed by atoms with Gasteiger partial charge in [-0.15, -0.1) is 0 Å². The Balaban J connectivity index is 1.78. The second kappa shape index (κ2) is 9.06. The van der Waals surface area contributed by atoms with Gasteiger partial charge in [0.25, 0.3) is 0 Å².